The second-order valence-corrected chi connectivity index (χ2v) is 6.20. The maximum absolute atomic E-state index is 14.1. The summed E-state index contributed by atoms with van der Waals surface area (Å²) in [6, 6.07) is 0. The molecular formula is C14H20F2N4O. The molecule has 1 N–H and O–H groups in total. The van der Waals surface area contributed by atoms with Crippen molar-refractivity contribution in [3.63, 3.8) is 0 Å². The topological polar surface area (TPSA) is 52.2 Å². The summed E-state index contributed by atoms with van der Waals surface area (Å²) in [4.78, 5) is 15.9. The van der Waals surface area contributed by atoms with Crippen molar-refractivity contribution in [1.29, 1.82) is 0 Å². The zero-order valence-corrected chi connectivity index (χ0v) is 12.1. The largest absolute Gasteiger partial charge is 0.342 e. The van der Waals surface area contributed by atoms with E-state index in [4.69, 9.17) is 0 Å². The lowest BCUT2D eigenvalue weighted by atomic mass is 9.77. The van der Waals surface area contributed by atoms with Crippen molar-refractivity contribution in [2.45, 2.75) is 32.2 Å². The maximum Gasteiger partial charge on any atom is 0.261 e. The highest BCUT2D eigenvalue weighted by molar-refractivity contribution is 5.85. The van der Waals surface area contributed by atoms with Crippen LogP contribution in [0.15, 0.2) is 12.4 Å². The summed E-state index contributed by atoms with van der Waals surface area (Å²) in [6.07, 6.45) is 3.54. The van der Waals surface area contributed by atoms with Gasteiger partial charge in [0.2, 0.25) is 5.91 Å². The minimum absolute atomic E-state index is 0.110. The number of piperidine rings is 1. The highest BCUT2D eigenvalue weighted by Crippen LogP contribution is 2.45. The molecule has 5 nitrogen and oxygen atoms in total. The molecule has 1 aromatic rings. The molecule has 3 heterocycles. The third-order valence-electron chi connectivity index (χ3n) is 4.52. The summed E-state index contributed by atoms with van der Waals surface area (Å²) in [5.74, 6) is -2.93. The van der Waals surface area contributed by atoms with Crippen molar-refractivity contribution in [2.24, 2.45) is 5.41 Å². The summed E-state index contributed by atoms with van der Waals surface area (Å²) in [5.41, 5.74) is -0.0535. The van der Waals surface area contributed by atoms with Crippen molar-refractivity contribution >= 4 is 5.91 Å². The van der Waals surface area contributed by atoms with E-state index >= 15 is 0 Å². The highest BCUT2D eigenvalue weighted by atomic mass is 19.3. The van der Waals surface area contributed by atoms with Gasteiger partial charge in [-0.05, 0) is 13.3 Å². The molecule has 2 aliphatic heterocycles. The van der Waals surface area contributed by atoms with Crippen LogP contribution in [0.2, 0.25) is 0 Å². The summed E-state index contributed by atoms with van der Waals surface area (Å²) >= 11 is 0. The van der Waals surface area contributed by atoms with Gasteiger partial charge in [0.1, 0.15) is 0 Å². The predicted molar refractivity (Wildman–Crippen MR) is 72.7 cm³/mol. The highest BCUT2D eigenvalue weighted by Gasteiger charge is 2.56. The van der Waals surface area contributed by atoms with Gasteiger partial charge in [0.05, 0.1) is 18.2 Å². The van der Waals surface area contributed by atoms with Gasteiger partial charge in [0, 0.05) is 44.4 Å². The zero-order valence-electron chi connectivity index (χ0n) is 12.1. The number of likely N-dealkylation sites (tertiary alicyclic amines) is 2. The molecule has 0 saturated carbocycles. The lowest BCUT2D eigenvalue weighted by Crippen LogP contribution is -2.55. The van der Waals surface area contributed by atoms with E-state index in [1.807, 2.05) is 6.92 Å². The molecule has 2 saturated heterocycles. The van der Waals surface area contributed by atoms with Crippen LogP contribution in [0, 0.1) is 5.41 Å². The summed E-state index contributed by atoms with van der Waals surface area (Å²) < 4.78 is 28.3. The Morgan fingerprint density at radius 1 is 1.43 bits per heavy atom. The lowest BCUT2D eigenvalue weighted by Gasteiger charge is -2.42. The molecule has 2 aliphatic rings. The first-order chi connectivity index (χ1) is 9.94. The van der Waals surface area contributed by atoms with Crippen molar-refractivity contribution in [1.82, 2.24) is 20.0 Å². The second-order valence-electron chi connectivity index (χ2n) is 6.20. The van der Waals surface area contributed by atoms with E-state index < -0.39 is 11.3 Å². The van der Waals surface area contributed by atoms with Gasteiger partial charge in [-0.25, -0.2) is 8.78 Å². The molecule has 1 amide bonds. The summed E-state index contributed by atoms with van der Waals surface area (Å²) in [7, 11) is 0. The first kappa shape index (κ1) is 14.4. The van der Waals surface area contributed by atoms with E-state index in [0.717, 1.165) is 5.56 Å². The zero-order chi connectivity index (χ0) is 15.1. The number of halogens is 2. The lowest BCUT2D eigenvalue weighted by molar-refractivity contribution is -0.155. The van der Waals surface area contributed by atoms with Crippen LogP contribution in [0.3, 0.4) is 0 Å². The maximum atomic E-state index is 14.1. The van der Waals surface area contributed by atoms with Crippen molar-refractivity contribution in [2.75, 3.05) is 26.2 Å². The average molecular weight is 298 g/mol. The van der Waals surface area contributed by atoms with E-state index in [1.165, 1.54) is 0 Å². The molecule has 0 aromatic carbocycles. The molecule has 3 rings (SSSR count). The Hall–Kier alpha value is -1.50. The number of carbonyl (C=O) groups is 1. The normalized spacial score (nSPS) is 29.5. The van der Waals surface area contributed by atoms with E-state index in [-0.39, 0.29) is 18.9 Å². The quantitative estimate of drug-likeness (QED) is 0.920. The number of carbonyl (C=O) groups excluding carboxylic acids is 1. The van der Waals surface area contributed by atoms with Crippen LogP contribution < -0.4 is 0 Å². The van der Waals surface area contributed by atoms with Gasteiger partial charge < -0.3 is 4.90 Å². The number of H-pyrrole nitrogens is 1. The molecule has 21 heavy (non-hydrogen) atoms. The van der Waals surface area contributed by atoms with Crippen LogP contribution in [-0.2, 0) is 11.3 Å². The van der Waals surface area contributed by atoms with Crippen molar-refractivity contribution in [3.8, 4) is 0 Å². The van der Waals surface area contributed by atoms with Gasteiger partial charge in [-0.1, -0.05) is 0 Å². The van der Waals surface area contributed by atoms with Crippen LogP contribution in [0.1, 0.15) is 25.3 Å². The SMILES string of the molecule is CCN1CC[C@@]2(CN(Cc3cn[nH]c3)CC(F)(F)C2)C1=O. The minimum Gasteiger partial charge on any atom is -0.342 e. The van der Waals surface area contributed by atoms with E-state index in [0.29, 0.717) is 32.6 Å². The van der Waals surface area contributed by atoms with E-state index in [9.17, 15) is 13.6 Å². The molecule has 0 aliphatic carbocycles. The minimum atomic E-state index is -2.82. The van der Waals surface area contributed by atoms with Gasteiger partial charge in [-0.3, -0.25) is 14.8 Å². The van der Waals surface area contributed by atoms with Crippen LogP contribution in [0.25, 0.3) is 0 Å². The Morgan fingerprint density at radius 3 is 2.86 bits per heavy atom. The molecule has 0 unspecified atom stereocenters. The van der Waals surface area contributed by atoms with Crippen molar-refractivity contribution < 1.29 is 13.6 Å². The number of nitrogens with one attached hydrogen (secondary N) is 1. The van der Waals surface area contributed by atoms with Gasteiger partial charge in [0.25, 0.3) is 5.92 Å². The monoisotopic (exact) mass is 298 g/mol. The number of hydrogen-bond acceptors (Lipinski definition) is 3. The number of hydrogen-bond donors (Lipinski definition) is 1. The number of amides is 1. The molecule has 0 radical (unpaired) electrons. The molecule has 2 fully saturated rings. The number of rotatable bonds is 3. The Labute approximate surface area is 122 Å². The molecule has 0 bridgehead atoms. The van der Waals surface area contributed by atoms with Gasteiger partial charge in [-0.15, -0.1) is 0 Å². The van der Waals surface area contributed by atoms with Gasteiger partial charge in [0.15, 0.2) is 0 Å². The van der Waals surface area contributed by atoms with Gasteiger partial charge >= 0.3 is 0 Å². The number of nitrogens with zero attached hydrogens (tertiary/aromatic N) is 3. The fraction of sp³-hybridized carbons (Fsp3) is 0.714. The molecule has 7 heteroatoms. The van der Waals surface area contributed by atoms with E-state index in [2.05, 4.69) is 10.2 Å². The standard InChI is InChI=1S/C14H20F2N4O/c1-2-20-4-3-13(12(20)21)8-14(15,16)10-19(9-13)7-11-5-17-18-6-11/h5-6H,2-4,7-10H2,1H3,(H,17,18)/t13-/m1/s1. The fourth-order valence-corrected chi connectivity index (χ4v) is 3.66. The molecule has 1 aromatic heterocycles. The molecule has 116 valence electrons. The number of alkyl halides is 2. The Morgan fingerprint density at radius 2 is 2.24 bits per heavy atom. The Kier molecular flexibility index (Phi) is 3.47. The average Bonchev–Trinajstić information content (AvgIpc) is 2.98. The number of aromatic nitrogens is 2. The third-order valence-corrected chi connectivity index (χ3v) is 4.52. The summed E-state index contributed by atoms with van der Waals surface area (Å²) in [6.45, 7) is 3.58. The predicted octanol–water partition coefficient (Wildman–Crippen LogP) is 1.49. The summed E-state index contributed by atoms with van der Waals surface area (Å²) in [5, 5.41) is 6.53. The van der Waals surface area contributed by atoms with Crippen LogP contribution in [-0.4, -0.2) is 58.0 Å². The Balaban J connectivity index is 1.80. The first-order valence-electron chi connectivity index (χ1n) is 7.31. The second kappa shape index (κ2) is 5.05. The first-order valence-corrected chi connectivity index (χ1v) is 7.31. The van der Waals surface area contributed by atoms with Crippen LogP contribution in [0.4, 0.5) is 8.78 Å². The van der Waals surface area contributed by atoms with Crippen LogP contribution >= 0.6 is 0 Å². The molecule has 1 spiro atoms. The van der Waals surface area contributed by atoms with Crippen molar-refractivity contribution in [3.05, 3.63) is 18.0 Å². The third kappa shape index (κ3) is 2.66. The van der Waals surface area contributed by atoms with Gasteiger partial charge in [-0.2, -0.15) is 5.10 Å². The Bertz CT molecular complexity index is 519. The smallest absolute Gasteiger partial charge is 0.261 e. The molecule has 1 atom stereocenters. The van der Waals surface area contributed by atoms with E-state index in [1.54, 1.807) is 22.2 Å². The molecular weight excluding hydrogens is 278 g/mol. The number of aromatic amines is 1. The van der Waals surface area contributed by atoms with Crippen LogP contribution in [0.5, 0.6) is 0 Å². The fourth-order valence-electron chi connectivity index (χ4n) is 3.66.